The zero-order valence-corrected chi connectivity index (χ0v) is 19.5. The zero-order valence-electron chi connectivity index (χ0n) is 19.5. The smallest absolute Gasteiger partial charge is 0.254 e. The molecule has 0 radical (unpaired) electrons. The number of amides is 1. The number of fused-ring (bicyclic) bond motifs is 1. The van der Waals surface area contributed by atoms with Gasteiger partial charge < -0.3 is 14.7 Å². The average Bonchev–Trinajstić information content (AvgIpc) is 3.28. The van der Waals surface area contributed by atoms with Crippen molar-refractivity contribution in [3.8, 4) is 0 Å². The van der Waals surface area contributed by atoms with Crippen LogP contribution in [0.2, 0.25) is 0 Å². The van der Waals surface area contributed by atoms with E-state index in [1.54, 1.807) is 24.3 Å². The highest BCUT2D eigenvalue weighted by Gasteiger charge is 2.27. The monoisotopic (exact) mass is 449 g/mol. The summed E-state index contributed by atoms with van der Waals surface area (Å²) in [6, 6.07) is 15.6. The fourth-order valence-corrected chi connectivity index (χ4v) is 5.09. The first-order chi connectivity index (χ1) is 16.0. The lowest BCUT2D eigenvalue weighted by Crippen LogP contribution is -2.48. The minimum Gasteiger partial charge on any atom is -0.393 e. The summed E-state index contributed by atoms with van der Waals surface area (Å²) in [4.78, 5) is 27.4. The number of nitrogens with zero attached hydrogens (tertiary/aromatic N) is 1. The third-order valence-electron chi connectivity index (χ3n) is 7.16. The summed E-state index contributed by atoms with van der Waals surface area (Å²) in [6.07, 6.45) is 5.11. The van der Waals surface area contributed by atoms with Gasteiger partial charge in [0.2, 0.25) is 0 Å². The Morgan fingerprint density at radius 1 is 1.03 bits per heavy atom. The number of morpholine rings is 1. The van der Waals surface area contributed by atoms with Crippen molar-refractivity contribution < 1.29 is 19.4 Å². The number of aliphatic hydroxyl groups is 1. The third kappa shape index (κ3) is 5.90. The topological polar surface area (TPSA) is 66.8 Å². The van der Waals surface area contributed by atoms with Crippen LogP contribution in [0, 0.1) is 5.92 Å². The number of carbonyl (C=O) groups is 2. The molecule has 0 spiro atoms. The molecule has 5 nitrogen and oxygen atoms in total. The van der Waals surface area contributed by atoms with Crippen molar-refractivity contribution in [2.45, 2.75) is 64.0 Å². The van der Waals surface area contributed by atoms with E-state index in [1.807, 2.05) is 4.90 Å². The maximum atomic E-state index is 12.9. The fraction of sp³-hybridized carbons (Fsp3) is 0.500. The quantitative estimate of drug-likeness (QED) is 0.574. The molecule has 1 fully saturated rings. The van der Waals surface area contributed by atoms with E-state index in [0.29, 0.717) is 49.6 Å². The fourth-order valence-electron chi connectivity index (χ4n) is 5.09. The van der Waals surface area contributed by atoms with Gasteiger partial charge in [0.05, 0.1) is 25.4 Å². The summed E-state index contributed by atoms with van der Waals surface area (Å²) in [5, 5.41) is 10.4. The molecular weight excluding hydrogens is 414 g/mol. The molecule has 0 saturated carbocycles. The van der Waals surface area contributed by atoms with Crippen molar-refractivity contribution in [3.05, 3.63) is 70.8 Å². The van der Waals surface area contributed by atoms with Gasteiger partial charge >= 0.3 is 0 Å². The molecule has 5 heteroatoms. The van der Waals surface area contributed by atoms with Crippen molar-refractivity contribution in [1.29, 1.82) is 0 Å². The standard InChI is InChI=1S/C28H35NO4/c1-2-25-19-33-16-15-29(25)28(32)22-10-8-21(9-11-22)27(31)14-13-26(30)12-7-20-17-23-5-3-4-6-24(23)18-20/h3-6,8-11,20,25-26,30H,2,7,12-19H2,1H3/t25-,26+/m1/s1. The van der Waals surface area contributed by atoms with Crippen LogP contribution in [0.3, 0.4) is 0 Å². The second-order valence-corrected chi connectivity index (χ2v) is 9.45. The van der Waals surface area contributed by atoms with Crippen LogP contribution in [0.25, 0.3) is 0 Å². The van der Waals surface area contributed by atoms with E-state index in [9.17, 15) is 14.7 Å². The summed E-state index contributed by atoms with van der Waals surface area (Å²) < 4.78 is 5.49. The van der Waals surface area contributed by atoms with E-state index in [0.717, 1.165) is 32.1 Å². The molecule has 0 aromatic heterocycles. The van der Waals surface area contributed by atoms with Crippen molar-refractivity contribution >= 4 is 11.7 Å². The van der Waals surface area contributed by atoms with Gasteiger partial charge in [-0.3, -0.25) is 9.59 Å². The van der Waals surface area contributed by atoms with E-state index < -0.39 is 6.10 Å². The molecule has 0 unspecified atom stereocenters. The molecule has 1 amide bonds. The van der Waals surface area contributed by atoms with Gasteiger partial charge in [0.1, 0.15) is 0 Å². The number of rotatable bonds is 9. The van der Waals surface area contributed by atoms with Gasteiger partial charge in [-0.15, -0.1) is 0 Å². The normalized spacial score (nSPS) is 19.3. The highest BCUT2D eigenvalue weighted by Crippen LogP contribution is 2.30. The van der Waals surface area contributed by atoms with Gasteiger partial charge in [-0.1, -0.05) is 43.3 Å². The number of aliphatic hydroxyl groups excluding tert-OH is 1. The van der Waals surface area contributed by atoms with Crippen LogP contribution in [0.1, 0.15) is 70.9 Å². The minimum absolute atomic E-state index is 0.00589. The maximum Gasteiger partial charge on any atom is 0.254 e. The van der Waals surface area contributed by atoms with Gasteiger partial charge in [-0.25, -0.2) is 0 Å². The molecule has 2 aromatic carbocycles. The Balaban J connectivity index is 1.22. The second kappa shape index (κ2) is 11.1. The molecule has 0 bridgehead atoms. The third-order valence-corrected chi connectivity index (χ3v) is 7.16. The number of ether oxygens (including phenoxy) is 1. The lowest BCUT2D eigenvalue weighted by Gasteiger charge is -2.35. The number of hydrogen-bond donors (Lipinski definition) is 1. The first kappa shape index (κ1) is 23.7. The van der Waals surface area contributed by atoms with E-state index in [-0.39, 0.29) is 17.7 Å². The first-order valence-electron chi connectivity index (χ1n) is 12.3. The molecule has 1 heterocycles. The zero-order chi connectivity index (χ0) is 23.2. The van der Waals surface area contributed by atoms with E-state index in [1.165, 1.54) is 11.1 Å². The van der Waals surface area contributed by atoms with Crippen molar-refractivity contribution in [3.63, 3.8) is 0 Å². The van der Waals surface area contributed by atoms with Crippen LogP contribution >= 0.6 is 0 Å². The van der Waals surface area contributed by atoms with E-state index >= 15 is 0 Å². The Bertz CT molecular complexity index is 930. The molecule has 1 N–H and O–H groups in total. The van der Waals surface area contributed by atoms with Crippen LogP contribution in [0.5, 0.6) is 0 Å². The number of benzene rings is 2. The molecule has 1 aliphatic heterocycles. The van der Waals surface area contributed by atoms with Crippen LogP contribution in [-0.2, 0) is 17.6 Å². The van der Waals surface area contributed by atoms with Crippen LogP contribution in [0.4, 0.5) is 0 Å². The molecular formula is C28H35NO4. The Morgan fingerprint density at radius 2 is 1.70 bits per heavy atom. The summed E-state index contributed by atoms with van der Waals surface area (Å²) >= 11 is 0. The van der Waals surface area contributed by atoms with Crippen LogP contribution < -0.4 is 0 Å². The Morgan fingerprint density at radius 3 is 2.36 bits per heavy atom. The Hall–Kier alpha value is -2.50. The lowest BCUT2D eigenvalue weighted by atomic mass is 9.95. The average molecular weight is 450 g/mol. The van der Waals surface area contributed by atoms with Gasteiger partial charge in [-0.2, -0.15) is 0 Å². The van der Waals surface area contributed by atoms with Crippen molar-refractivity contribution in [1.82, 2.24) is 4.90 Å². The molecule has 1 aliphatic carbocycles. The summed E-state index contributed by atoms with van der Waals surface area (Å²) in [5.74, 6) is 0.601. The molecule has 33 heavy (non-hydrogen) atoms. The second-order valence-electron chi connectivity index (χ2n) is 9.45. The molecule has 4 rings (SSSR count). The summed E-state index contributed by atoms with van der Waals surface area (Å²) in [7, 11) is 0. The predicted molar refractivity (Wildman–Crippen MR) is 129 cm³/mol. The van der Waals surface area contributed by atoms with Gasteiger partial charge in [0.25, 0.3) is 5.91 Å². The Kier molecular flexibility index (Phi) is 7.94. The number of Topliss-reactive ketones (excluding diaryl/α,β-unsaturated/α-hetero) is 1. The largest absolute Gasteiger partial charge is 0.393 e. The molecule has 1 saturated heterocycles. The minimum atomic E-state index is -0.453. The van der Waals surface area contributed by atoms with Gasteiger partial charge in [0.15, 0.2) is 5.78 Å². The SMILES string of the molecule is CC[C@@H]1COCCN1C(=O)c1ccc(C(=O)CC[C@@H](O)CCC2Cc3ccccc3C2)cc1. The maximum absolute atomic E-state index is 12.9. The van der Waals surface area contributed by atoms with E-state index in [2.05, 4.69) is 31.2 Å². The van der Waals surface area contributed by atoms with Crippen LogP contribution in [0.15, 0.2) is 48.5 Å². The van der Waals surface area contributed by atoms with Gasteiger partial charge in [0, 0.05) is 24.1 Å². The van der Waals surface area contributed by atoms with Gasteiger partial charge in [-0.05, 0) is 67.7 Å². The molecule has 176 valence electrons. The summed E-state index contributed by atoms with van der Waals surface area (Å²) in [5.41, 5.74) is 4.07. The molecule has 2 aliphatic rings. The Labute approximate surface area is 196 Å². The lowest BCUT2D eigenvalue weighted by molar-refractivity contribution is -0.00280. The highest BCUT2D eigenvalue weighted by molar-refractivity contribution is 5.98. The van der Waals surface area contributed by atoms with Crippen molar-refractivity contribution in [2.75, 3.05) is 19.8 Å². The number of carbonyl (C=O) groups excluding carboxylic acids is 2. The number of hydrogen-bond acceptors (Lipinski definition) is 4. The molecule has 2 aromatic rings. The van der Waals surface area contributed by atoms with E-state index in [4.69, 9.17) is 4.74 Å². The molecule has 2 atom stereocenters. The van der Waals surface area contributed by atoms with Crippen molar-refractivity contribution in [2.24, 2.45) is 5.92 Å². The van der Waals surface area contributed by atoms with Crippen LogP contribution in [-0.4, -0.2) is 53.6 Å². The first-order valence-corrected chi connectivity index (χ1v) is 12.3. The predicted octanol–water partition coefficient (Wildman–Crippen LogP) is 4.46. The highest BCUT2D eigenvalue weighted by atomic mass is 16.5. The summed E-state index contributed by atoms with van der Waals surface area (Å²) in [6.45, 7) is 3.80. The number of ketones is 1.